The van der Waals surface area contributed by atoms with E-state index in [0.717, 1.165) is 5.56 Å². The zero-order valence-electron chi connectivity index (χ0n) is 11.6. The maximum absolute atomic E-state index is 13.2. The highest BCUT2D eigenvalue weighted by Gasteiger charge is 2.17. The number of nitrogens with two attached hydrogens (primary N) is 1. The molecule has 0 saturated carbocycles. The predicted octanol–water partition coefficient (Wildman–Crippen LogP) is 3.80. The van der Waals surface area contributed by atoms with Crippen LogP contribution in [0.4, 0.5) is 4.39 Å². The van der Waals surface area contributed by atoms with Gasteiger partial charge in [-0.2, -0.15) is 0 Å². The van der Waals surface area contributed by atoms with Crippen molar-refractivity contribution in [1.82, 2.24) is 0 Å². The molecular weight excluding hydrogens is 281 g/mol. The van der Waals surface area contributed by atoms with Crippen LogP contribution in [0.5, 0.6) is 0 Å². The van der Waals surface area contributed by atoms with Crippen LogP contribution >= 0.6 is 11.6 Å². The van der Waals surface area contributed by atoms with Crippen molar-refractivity contribution in [2.45, 2.75) is 44.9 Å². The third-order valence-electron chi connectivity index (χ3n) is 3.10. The quantitative estimate of drug-likeness (QED) is 0.743. The molecule has 2 atom stereocenters. The maximum Gasteiger partial charge on any atom is 0.308 e. The van der Waals surface area contributed by atoms with Gasteiger partial charge in [0, 0.05) is 17.9 Å². The highest BCUT2D eigenvalue weighted by molar-refractivity contribution is 6.31. The van der Waals surface area contributed by atoms with E-state index in [4.69, 9.17) is 17.3 Å². The van der Waals surface area contributed by atoms with Gasteiger partial charge in [0.05, 0.1) is 0 Å². The zero-order chi connectivity index (χ0) is 15.0. The van der Waals surface area contributed by atoms with Crippen LogP contribution in [0.2, 0.25) is 5.02 Å². The minimum absolute atomic E-state index is 0.0273. The summed E-state index contributed by atoms with van der Waals surface area (Å²) >= 11 is 6.11. The number of carbonyl (C=O) groups excluding carboxylic acids is 1. The highest BCUT2D eigenvalue weighted by atomic mass is 35.5. The minimum atomic E-state index is -1.51. The first-order chi connectivity index (χ1) is 9.58. The fraction of sp³-hybridized carbons (Fsp3) is 0.533. The van der Waals surface area contributed by atoms with Crippen molar-refractivity contribution in [3.63, 3.8) is 0 Å². The summed E-state index contributed by atoms with van der Waals surface area (Å²) in [5, 5.41) is 0.630. The summed E-state index contributed by atoms with van der Waals surface area (Å²) in [6, 6.07) is 7.39. The average Bonchev–Trinajstić information content (AvgIpc) is 2.41. The van der Waals surface area contributed by atoms with Crippen LogP contribution in [0.1, 0.15) is 44.1 Å². The molecule has 0 amide bonds. The Morgan fingerprint density at radius 1 is 1.40 bits per heavy atom. The summed E-state index contributed by atoms with van der Waals surface area (Å²) < 4.78 is 17.8. The molecule has 0 spiro atoms. The van der Waals surface area contributed by atoms with E-state index in [-0.39, 0.29) is 18.8 Å². The molecular formula is C15H21ClFNO2. The summed E-state index contributed by atoms with van der Waals surface area (Å²) in [7, 11) is 0. The standard InChI is InChI=1S/C15H21ClFNO2/c1-2-5-14(17)20-15(19)9-8-11(10-18)12-6-3-4-7-13(12)16/h3-4,6-7,11,14H,2,5,8-10,18H2,1H3. The second-order valence-electron chi connectivity index (χ2n) is 4.68. The van der Waals surface area contributed by atoms with Crippen LogP contribution in [-0.2, 0) is 9.53 Å². The van der Waals surface area contributed by atoms with Crippen LogP contribution in [0.25, 0.3) is 0 Å². The summed E-state index contributed by atoms with van der Waals surface area (Å²) in [6.45, 7) is 2.22. The van der Waals surface area contributed by atoms with E-state index >= 15 is 0 Å². The van der Waals surface area contributed by atoms with E-state index in [2.05, 4.69) is 4.74 Å². The fourth-order valence-electron chi connectivity index (χ4n) is 1.99. The normalized spacial score (nSPS) is 13.8. The first-order valence-electron chi connectivity index (χ1n) is 6.86. The lowest BCUT2D eigenvalue weighted by atomic mass is 9.94. The van der Waals surface area contributed by atoms with Gasteiger partial charge in [0.15, 0.2) is 0 Å². The Kier molecular flexibility index (Phi) is 7.55. The smallest absolute Gasteiger partial charge is 0.308 e. The van der Waals surface area contributed by atoms with E-state index < -0.39 is 12.3 Å². The van der Waals surface area contributed by atoms with Crippen molar-refractivity contribution in [2.24, 2.45) is 5.73 Å². The molecule has 0 radical (unpaired) electrons. The fourth-order valence-corrected chi connectivity index (χ4v) is 2.28. The van der Waals surface area contributed by atoms with Gasteiger partial charge in [-0.1, -0.05) is 36.7 Å². The van der Waals surface area contributed by atoms with Crippen LogP contribution in [0, 0.1) is 0 Å². The van der Waals surface area contributed by atoms with Crippen LogP contribution in [0.3, 0.4) is 0 Å². The summed E-state index contributed by atoms with van der Waals surface area (Å²) in [5.41, 5.74) is 6.64. The van der Waals surface area contributed by atoms with E-state index in [0.29, 0.717) is 24.4 Å². The number of alkyl halides is 1. The van der Waals surface area contributed by atoms with Gasteiger partial charge >= 0.3 is 5.97 Å². The molecule has 0 saturated heterocycles. The Morgan fingerprint density at radius 3 is 2.70 bits per heavy atom. The number of hydrogen-bond acceptors (Lipinski definition) is 3. The SMILES string of the molecule is CCCC(F)OC(=O)CCC(CN)c1ccccc1Cl. The number of halogens is 2. The molecule has 3 nitrogen and oxygen atoms in total. The Balaban J connectivity index is 2.50. The van der Waals surface area contributed by atoms with Crippen LogP contribution < -0.4 is 5.73 Å². The van der Waals surface area contributed by atoms with Crippen molar-refractivity contribution < 1.29 is 13.9 Å². The summed E-state index contributed by atoms with van der Waals surface area (Å²) in [6.07, 6.45) is -0.00490. The third kappa shape index (κ3) is 5.47. The molecule has 5 heteroatoms. The van der Waals surface area contributed by atoms with Crippen LogP contribution in [-0.4, -0.2) is 18.9 Å². The Bertz CT molecular complexity index is 428. The predicted molar refractivity (Wildman–Crippen MR) is 78.4 cm³/mol. The van der Waals surface area contributed by atoms with Gasteiger partial charge in [-0.05, 0) is 36.9 Å². The average molecular weight is 302 g/mol. The van der Waals surface area contributed by atoms with Gasteiger partial charge in [-0.25, -0.2) is 4.39 Å². The first-order valence-corrected chi connectivity index (χ1v) is 7.24. The van der Waals surface area contributed by atoms with Crippen molar-refractivity contribution >= 4 is 17.6 Å². The van der Waals surface area contributed by atoms with Crippen molar-refractivity contribution in [2.75, 3.05) is 6.54 Å². The van der Waals surface area contributed by atoms with Crippen LogP contribution in [0.15, 0.2) is 24.3 Å². The molecule has 1 aromatic carbocycles. The Morgan fingerprint density at radius 2 is 2.10 bits per heavy atom. The monoisotopic (exact) mass is 301 g/mol. The highest BCUT2D eigenvalue weighted by Crippen LogP contribution is 2.27. The second kappa shape index (κ2) is 8.93. The van der Waals surface area contributed by atoms with E-state index in [9.17, 15) is 9.18 Å². The lowest BCUT2D eigenvalue weighted by molar-refractivity contribution is -0.158. The van der Waals surface area contributed by atoms with Crippen molar-refractivity contribution in [1.29, 1.82) is 0 Å². The zero-order valence-corrected chi connectivity index (χ0v) is 12.4. The number of carbonyl (C=O) groups is 1. The van der Waals surface area contributed by atoms with Gasteiger partial charge in [0.2, 0.25) is 6.36 Å². The molecule has 0 aliphatic rings. The van der Waals surface area contributed by atoms with Gasteiger partial charge < -0.3 is 10.5 Å². The number of esters is 1. The van der Waals surface area contributed by atoms with Gasteiger partial charge in [-0.15, -0.1) is 0 Å². The molecule has 0 fully saturated rings. The lowest BCUT2D eigenvalue weighted by Gasteiger charge is -2.16. The molecule has 0 heterocycles. The van der Waals surface area contributed by atoms with Gasteiger partial charge in [0.25, 0.3) is 0 Å². The number of benzene rings is 1. The molecule has 20 heavy (non-hydrogen) atoms. The molecule has 0 aliphatic heterocycles. The third-order valence-corrected chi connectivity index (χ3v) is 3.45. The minimum Gasteiger partial charge on any atom is -0.431 e. The molecule has 112 valence electrons. The van der Waals surface area contributed by atoms with Gasteiger partial charge in [-0.3, -0.25) is 4.79 Å². The van der Waals surface area contributed by atoms with Gasteiger partial charge in [0.1, 0.15) is 0 Å². The number of rotatable bonds is 8. The lowest BCUT2D eigenvalue weighted by Crippen LogP contribution is -2.17. The second-order valence-corrected chi connectivity index (χ2v) is 5.09. The summed E-state index contributed by atoms with van der Waals surface area (Å²) in [4.78, 5) is 11.5. The molecule has 0 bridgehead atoms. The summed E-state index contributed by atoms with van der Waals surface area (Å²) in [5.74, 6) is -0.558. The van der Waals surface area contributed by atoms with E-state index in [1.807, 2.05) is 25.1 Å². The molecule has 2 unspecified atom stereocenters. The molecule has 1 rings (SSSR count). The maximum atomic E-state index is 13.2. The number of hydrogen-bond donors (Lipinski definition) is 1. The van der Waals surface area contributed by atoms with Crippen molar-refractivity contribution in [3.05, 3.63) is 34.9 Å². The molecule has 2 N–H and O–H groups in total. The number of ether oxygens (including phenoxy) is 1. The van der Waals surface area contributed by atoms with E-state index in [1.165, 1.54) is 0 Å². The molecule has 1 aromatic rings. The first kappa shape index (κ1) is 16.9. The van der Waals surface area contributed by atoms with Crippen molar-refractivity contribution in [3.8, 4) is 0 Å². The molecule has 0 aromatic heterocycles. The molecule has 0 aliphatic carbocycles. The largest absolute Gasteiger partial charge is 0.431 e. The van der Waals surface area contributed by atoms with E-state index in [1.54, 1.807) is 6.07 Å². The topological polar surface area (TPSA) is 52.3 Å². The Hall–Kier alpha value is -1.13. The Labute approximate surface area is 124 Å².